The van der Waals surface area contributed by atoms with Gasteiger partial charge in [-0.25, -0.2) is 4.79 Å². The van der Waals surface area contributed by atoms with E-state index in [9.17, 15) is 13.2 Å². The Labute approximate surface area is 181 Å². The molecular formula is C20H22F3N3O6. The van der Waals surface area contributed by atoms with E-state index in [0.29, 0.717) is 24.4 Å². The van der Waals surface area contributed by atoms with Crippen molar-refractivity contribution >= 4 is 5.97 Å². The number of alkyl halides is 3. The third-order valence-electron chi connectivity index (χ3n) is 5.54. The zero-order chi connectivity index (χ0) is 22.9. The summed E-state index contributed by atoms with van der Waals surface area (Å²) in [5.74, 6) is 0.778. The van der Waals surface area contributed by atoms with Gasteiger partial charge in [-0.15, -0.1) is 0 Å². The molecule has 3 atom stereocenters. The molecule has 3 aliphatic heterocycles. The van der Waals surface area contributed by atoms with Gasteiger partial charge in [0.2, 0.25) is 6.79 Å². The Morgan fingerprint density at radius 2 is 2.03 bits per heavy atom. The first-order valence-corrected chi connectivity index (χ1v) is 10.1. The van der Waals surface area contributed by atoms with Crippen molar-refractivity contribution in [2.24, 2.45) is 5.92 Å². The molecule has 1 N–H and O–H groups in total. The fraction of sp³-hybridized carbons (Fsp3) is 0.550. The van der Waals surface area contributed by atoms with Crippen molar-refractivity contribution in [2.45, 2.75) is 44.7 Å². The molecule has 0 aliphatic carbocycles. The number of carbonyl (C=O) groups is 1. The topological polar surface area (TPSA) is 107 Å². The molecule has 2 saturated heterocycles. The van der Waals surface area contributed by atoms with E-state index in [1.165, 1.54) is 5.56 Å². The van der Waals surface area contributed by atoms with Crippen molar-refractivity contribution in [2.75, 3.05) is 19.9 Å². The number of hydrogen-bond donors (Lipinski definition) is 1. The Hall–Kier alpha value is -2.86. The highest BCUT2D eigenvalue weighted by atomic mass is 19.4. The summed E-state index contributed by atoms with van der Waals surface area (Å²) < 4.78 is 54.1. The Morgan fingerprint density at radius 1 is 1.28 bits per heavy atom. The molecule has 4 heterocycles. The second-order valence-electron chi connectivity index (χ2n) is 7.85. The van der Waals surface area contributed by atoms with Crippen LogP contribution in [0.4, 0.5) is 13.2 Å². The van der Waals surface area contributed by atoms with Gasteiger partial charge in [0.15, 0.2) is 17.3 Å². The monoisotopic (exact) mass is 457 g/mol. The fourth-order valence-electron chi connectivity index (χ4n) is 4.04. The van der Waals surface area contributed by atoms with E-state index < -0.39 is 12.1 Å². The lowest BCUT2D eigenvalue weighted by Crippen LogP contribution is -2.41. The second-order valence-corrected chi connectivity index (χ2v) is 7.85. The number of benzene rings is 1. The van der Waals surface area contributed by atoms with Crippen molar-refractivity contribution < 1.29 is 41.8 Å². The van der Waals surface area contributed by atoms with Gasteiger partial charge in [-0.1, -0.05) is 11.2 Å². The van der Waals surface area contributed by atoms with Gasteiger partial charge < -0.3 is 23.8 Å². The lowest BCUT2D eigenvalue weighted by atomic mass is 9.91. The predicted octanol–water partition coefficient (Wildman–Crippen LogP) is 3.09. The molecule has 2 aromatic rings. The van der Waals surface area contributed by atoms with Gasteiger partial charge in [-0.05, 0) is 49.9 Å². The summed E-state index contributed by atoms with van der Waals surface area (Å²) in [6.45, 7) is 5.06. The highest BCUT2D eigenvalue weighted by Gasteiger charge is 2.41. The van der Waals surface area contributed by atoms with Crippen LogP contribution in [0.3, 0.4) is 0 Å². The Morgan fingerprint density at radius 3 is 2.72 bits per heavy atom. The van der Waals surface area contributed by atoms with E-state index in [-0.39, 0.29) is 12.2 Å². The molecule has 3 aliphatic rings. The number of hydrogen-bond acceptors (Lipinski definition) is 8. The number of aryl methyl sites for hydroxylation is 1. The van der Waals surface area contributed by atoms with Crippen molar-refractivity contribution in [3.63, 3.8) is 0 Å². The molecule has 1 aromatic heterocycles. The van der Waals surface area contributed by atoms with E-state index in [4.69, 9.17) is 28.6 Å². The Bertz CT molecular complexity index is 966. The Kier molecular flexibility index (Phi) is 6.24. The first kappa shape index (κ1) is 22.3. The van der Waals surface area contributed by atoms with E-state index in [2.05, 4.69) is 27.2 Å². The summed E-state index contributed by atoms with van der Waals surface area (Å²) in [6.07, 6.45) is -2.79. The predicted molar refractivity (Wildman–Crippen MR) is 101 cm³/mol. The number of carboxylic acid groups (broad SMARTS) is 1. The summed E-state index contributed by atoms with van der Waals surface area (Å²) in [4.78, 5) is 15.7. The molecule has 5 rings (SSSR count). The van der Waals surface area contributed by atoms with Crippen LogP contribution in [0.2, 0.25) is 0 Å². The number of fused-ring (bicyclic) bond motifs is 2. The molecule has 0 spiro atoms. The van der Waals surface area contributed by atoms with Gasteiger partial charge in [0.1, 0.15) is 6.10 Å². The van der Waals surface area contributed by atoms with E-state index >= 15 is 0 Å². The maximum absolute atomic E-state index is 10.6. The highest BCUT2D eigenvalue weighted by molar-refractivity contribution is 5.73. The number of carboxylic acids is 1. The smallest absolute Gasteiger partial charge is 0.475 e. The van der Waals surface area contributed by atoms with Gasteiger partial charge in [0.05, 0.1) is 6.10 Å². The number of ether oxygens (including phenoxy) is 3. The molecular weight excluding hydrogens is 435 g/mol. The largest absolute Gasteiger partial charge is 0.490 e. The van der Waals surface area contributed by atoms with Gasteiger partial charge in [0, 0.05) is 13.1 Å². The molecule has 2 fully saturated rings. The summed E-state index contributed by atoms with van der Waals surface area (Å²) in [7, 11) is 0. The van der Waals surface area contributed by atoms with Crippen LogP contribution in [0.15, 0.2) is 22.7 Å². The first-order chi connectivity index (χ1) is 15.2. The van der Waals surface area contributed by atoms with Crippen molar-refractivity contribution in [3.05, 3.63) is 35.5 Å². The number of halogens is 3. The molecule has 9 nitrogen and oxygen atoms in total. The van der Waals surface area contributed by atoms with Gasteiger partial charge >= 0.3 is 12.1 Å². The van der Waals surface area contributed by atoms with Crippen LogP contribution < -0.4 is 9.47 Å². The lowest BCUT2D eigenvalue weighted by Gasteiger charge is -2.34. The third-order valence-corrected chi connectivity index (χ3v) is 5.54. The summed E-state index contributed by atoms with van der Waals surface area (Å²) in [5, 5.41) is 11.0. The average Bonchev–Trinajstić information content (AvgIpc) is 3.46. The minimum atomic E-state index is -5.08. The highest BCUT2D eigenvalue weighted by Crippen LogP contribution is 2.41. The number of aliphatic carboxylic acids is 1. The van der Waals surface area contributed by atoms with Crippen LogP contribution in [0, 0.1) is 12.8 Å². The number of piperidine rings is 1. The SMILES string of the molecule is Cc1noc([C@H]2C[C@@H]3CCN(Cc4ccc5c(c4)OCO5)C[C@H]3O2)n1.O=C(O)C(F)(F)F. The number of nitrogens with zero attached hydrogens (tertiary/aromatic N) is 3. The van der Waals surface area contributed by atoms with Crippen molar-refractivity contribution in [1.82, 2.24) is 15.0 Å². The van der Waals surface area contributed by atoms with Gasteiger partial charge in [-0.2, -0.15) is 18.2 Å². The van der Waals surface area contributed by atoms with Gasteiger partial charge in [-0.3, -0.25) is 4.90 Å². The summed E-state index contributed by atoms with van der Waals surface area (Å²) >= 11 is 0. The zero-order valence-corrected chi connectivity index (χ0v) is 17.2. The quantitative estimate of drug-likeness (QED) is 0.744. The van der Waals surface area contributed by atoms with Crippen LogP contribution in [0.1, 0.15) is 36.2 Å². The van der Waals surface area contributed by atoms with Crippen LogP contribution >= 0.6 is 0 Å². The minimum absolute atomic E-state index is 0.0540. The molecule has 0 bridgehead atoms. The molecule has 174 valence electrons. The standard InChI is InChI=1S/C18H21N3O4.C2HF3O2/c1-11-19-18(25-20-11)16-7-13-4-5-21(9-17(13)24-16)8-12-2-3-14-15(6-12)23-10-22-14;3-2(4,5)1(6)7/h2-3,6,13,16-17H,4-5,7-10H2,1H3;(H,6,7)/t13-,16+,17+;/m0./s1. The molecule has 0 unspecified atom stereocenters. The molecule has 12 heteroatoms. The second kappa shape index (κ2) is 8.94. The Balaban J connectivity index is 0.000000307. The fourth-order valence-corrected chi connectivity index (χ4v) is 4.04. The zero-order valence-electron chi connectivity index (χ0n) is 17.2. The summed E-state index contributed by atoms with van der Waals surface area (Å²) in [6, 6.07) is 6.18. The third kappa shape index (κ3) is 5.13. The maximum atomic E-state index is 10.6. The van der Waals surface area contributed by atoms with Crippen LogP contribution in [-0.2, 0) is 16.1 Å². The minimum Gasteiger partial charge on any atom is -0.475 e. The first-order valence-electron chi connectivity index (χ1n) is 10.1. The van der Waals surface area contributed by atoms with Gasteiger partial charge in [0.25, 0.3) is 5.89 Å². The van der Waals surface area contributed by atoms with Crippen molar-refractivity contribution in [3.8, 4) is 11.5 Å². The lowest BCUT2D eigenvalue weighted by molar-refractivity contribution is -0.192. The molecule has 0 amide bonds. The molecule has 32 heavy (non-hydrogen) atoms. The molecule has 0 radical (unpaired) electrons. The average molecular weight is 457 g/mol. The number of rotatable bonds is 3. The van der Waals surface area contributed by atoms with Crippen LogP contribution in [0.25, 0.3) is 0 Å². The number of likely N-dealkylation sites (tertiary alicyclic amines) is 1. The van der Waals surface area contributed by atoms with Crippen molar-refractivity contribution in [1.29, 1.82) is 0 Å². The molecule has 0 saturated carbocycles. The van der Waals surface area contributed by atoms with Crippen LogP contribution in [0.5, 0.6) is 11.5 Å². The normalized spacial score (nSPS) is 24.6. The van der Waals surface area contributed by atoms with E-state index in [1.807, 2.05) is 13.0 Å². The summed E-state index contributed by atoms with van der Waals surface area (Å²) in [5.41, 5.74) is 1.24. The maximum Gasteiger partial charge on any atom is 0.490 e. The van der Waals surface area contributed by atoms with E-state index in [1.54, 1.807) is 0 Å². The van der Waals surface area contributed by atoms with E-state index in [0.717, 1.165) is 44.0 Å². The van der Waals surface area contributed by atoms with Crippen LogP contribution in [-0.4, -0.2) is 58.3 Å². The number of aromatic nitrogens is 2. The molecule has 1 aromatic carbocycles.